The van der Waals surface area contributed by atoms with Crippen LogP contribution in [0.1, 0.15) is 24.2 Å². The average molecular weight is 216 g/mol. The van der Waals surface area contributed by atoms with Crippen LogP contribution in [-0.4, -0.2) is 15.6 Å². The smallest absolute Gasteiger partial charge is 0.217 e. The van der Waals surface area contributed by atoms with Crippen molar-refractivity contribution in [2.45, 2.75) is 32.9 Å². The highest BCUT2D eigenvalue weighted by molar-refractivity contribution is 5.73. The van der Waals surface area contributed by atoms with Crippen LogP contribution >= 0.6 is 0 Å². The van der Waals surface area contributed by atoms with E-state index in [2.05, 4.69) is 0 Å². The van der Waals surface area contributed by atoms with Crippen LogP contribution in [0.3, 0.4) is 0 Å². The molecule has 1 rings (SSSR count). The van der Waals surface area contributed by atoms with Crippen LogP contribution in [0.15, 0.2) is 12.1 Å². The highest BCUT2D eigenvalue weighted by Crippen LogP contribution is 2.09. The molecule has 0 bridgehead atoms. The highest BCUT2D eigenvalue weighted by Gasteiger charge is 2.03. The third-order valence-electron chi connectivity index (χ3n) is 2.26. The van der Waals surface area contributed by atoms with Crippen molar-refractivity contribution in [3.05, 3.63) is 23.5 Å². The Labute approximate surface area is 88.1 Å². The van der Waals surface area contributed by atoms with Gasteiger partial charge in [-0.25, -0.2) is 0 Å². The molecule has 5 heteroatoms. The van der Waals surface area contributed by atoms with E-state index in [-0.39, 0.29) is 17.2 Å². The molecule has 0 aromatic carbocycles. The second kappa shape index (κ2) is 6.19. The van der Waals surface area contributed by atoms with Crippen molar-refractivity contribution in [2.75, 3.05) is 0 Å². The summed E-state index contributed by atoms with van der Waals surface area (Å²) in [6.45, 7) is 2.74. The molecule has 0 radical (unpaired) electrons. The number of carbonyl (C=O) groups excluding carboxylic acids is 1. The maximum atomic E-state index is 10.5. The summed E-state index contributed by atoms with van der Waals surface area (Å²) >= 11 is 0. The Morgan fingerprint density at radius 3 is 2.73 bits per heavy atom. The second-order valence-corrected chi connectivity index (χ2v) is 3.35. The zero-order chi connectivity index (χ0) is 10.6. The van der Waals surface area contributed by atoms with Crippen LogP contribution in [0.4, 0.5) is 4.70 Å². The van der Waals surface area contributed by atoms with Gasteiger partial charge in [0.2, 0.25) is 5.91 Å². The van der Waals surface area contributed by atoms with Gasteiger partial charge in [0.25, 0.3) is 0 Å². The van der Waals surface area contributed by atoms with Crippen LogP contribution in [0, 0.1) is 6.92 Å². The van der Waals surface area contributed by atoms with Gasteiger partial charge in [0, 0.05) is 24.4 Å². The fourth-order valence-corrected chi connectivity index (χ4v) is 1.49. The summed E-state index contributed by atoms with van der Waals surface area (Å²) in [5.74, 6) is -0.277. The number of hydrogen-bond donors (Lipinski definition) is 2. The molecule has 1 aromatic rings. The number of nitrogens with zero attached hydrogens (tertiary/aromatic N) is 1. The molecule has 4 nitrogen and oxygen atoms in total. The molecule has 15 heavy (non-hydrogen) atoms. The van der Waals surface area contributed by atoms with Crippen molar-refractivity contribution in [2.24, 2.45) is 5.73 Å². The molecule has 1 aromatic heterocycles. The van der Waals surface area contributed by atoms with Gasteiger partial charge in [-0.3, -0.25) is 9.50 Å². The van der Waals surface area contributed by atoms with Crippen molar-refractivity contribution in [1.82, 2.24) is 4.57 Å². The zero-order valence-electron chi connectivity index (χ0n) is 8.77. The van der Waals surface area contributed by atoms with E-state index in [9.17, 15) is 4.79 Å². The molecule has 3 N–H and O–H groups in total. The second-order valence-electron chi connectivity index (χ2n) is 3.35. The number of aliphatic hydroxyl groups is 1. The number of nitrogens with two attached hydrogens (primary N) is 1. The van der Waals surface area contributed by atoms with Crippen molar-refractivity contribution in [1.29, 1.82) is 0 Å². The lowest BCUT2D eigenvalue weighted by Gasteiger charge is -2.08. The lowest BCUT2D eigenvalue weighted by molar-refractivity contribution is -0.118. The van der Waals surface area contributed by atoms with Crippen LogP contribution in [0.5, 0.6) is 0 Å². The Hall–Kier alpha value is -1.36. The van der Waals surface area contributed by atoms with Gasteiger partial charge >= 0.3 is 0 Å². The van der Waals surface area contributed by atoms with E-state index >= 15 is 0 Å². The molecule has 0 aliphatic carbocycles. The van der Waals surface area contributed by atoms with Crippen LogP contribution < -0.4 is 5.73 Å². The number of rotatable bonds is 5. The van der Waals surface area contributed by atoms with E-state index in [0.29, 0.717) is 6.42 Å². The number of aliphatic hydroxyl groups excluding tert-OH is 1. The van der Waals surface area contributed by atoms with Crippen LogP contribution in [0.2, 0.25) is 0 Å². The maximum Gasteiger partial charge on any atom is 0.217 e. The Morgan fingerprint density at radius 1 is 1.53 bits per heavy atom. The van der Waals surface area contributed by atoms with E-state index in [0.717, 1.165) is 24.4 Å². The number of halogens is 1. The standard InChI is InChI=1S/C10H16N2O2.FH/c1-8-4-5-9(7-13)12(8)6-2-3-10(11)14;/h4-5,13H,2-3,6-7H2,1H3,(H2,11,14);1H. The van der Waals surface area contributed by atoms with Gasteiger partial charge in [-0.15, -0.1) is 0 Å². The Balaban J connectivity index is 0.00000196. The minimum absolute atomic E-state index is 0. The molecule has 86 valence electrons. The Morgan fingerprint density at radius 2 is 2.20 bits per heavy atom. The van der Waals surface area contributed by atoms with Gasteiger partial charge in [0.15, 0.2) is 0 Å². The molecule has 0 spiro atoms. The Kier molecular flexibility index (Phi) is 5.62. The van der Waals surface area contributed by atoms with Crippen molar-refractivity contribution < 1.29 is 14.6 Å². The minimum atomic E-state index is -0.277. The number of hydrogen-bond acceptors (Lipinski definition) is 2. The van der Waals surface area contributed by atoms with E-state index in [1.807, 2.05) is 23.6 Å². The maximum absolute atomic E-state index is 10.5. The lowest BCUT2D eigenvalue weighted by atomic mass is 10.3. The summed E-state index contributed by atoms with van der Waals surface area (Å²) in [5.41, 5.74) is 7.02. The number of amides is 1. The molecule has 1 heterocycles. The molecule has 0 unspecified atom stereocenters. The molecule has 0 fully saturated rings. The largest absolute Gasteiger partial charge is 0.390 e. The topological polar surface area (TPSA) is 68.2 Å². The first-order valence-corrected chi connectivity index (χ1v) is 4.69. The third kappa shape index (κ3) is 3.71. The SMILES string of the molecule is Cc1ccc(CO)n1CCCC(N)=O.F. The van der Waals surface area contributed by atoms with E-state index < -0.39 is 0 Å². The third-order valence-corrected chi connectivity index (χ3v) is 2.26. The fraction of sp³-hybridized carbons (Fsp3) is 0.500. The molecule has 0 saturated carbocycles. The lowest BCUT2D eigenvalue weighted by Crippen LogP contribution is -2.12. The zero-order valence-corrected chi connectivity index (χ0v) is 8.77. The monoisotopic (exact) mass is 216 g/mol. The van der Waals surface area contributed by atoms with Gasteiger partial charge in [0.1, 0.15) is 0 Å². The van der Waals surface area contributed by atoms with Gasteiger partial charge < -0.3 is 15.4 Å². The summed E-state index contributed by atoms with van der Waals surface area (Å²) in [5, 5.41) is 9.03. The number of aromatic nitrogens is 1. The summed E-state index contributed by atoms with van der Waals surface area (Å²) in [6, 6.07) is 3.84. The number of primary amides is 1. The summed E-state index contributed by atoms with van der Waals surface area (Å²) < 4.78 is 2.00. The van der Waals surface area contributed by atoms with Crippen molar-refractivity contribution in [3.8, 4) is 0 Å². The van der Waals surface area contributed by atoms with Gasteiger partial charge in [-0.1, -0.05) is 0 Å². The summed E-state index contributed by atoms with van der Waals surface area (Å²) in [6.07, 6.45) is 1.11. The van der Waals surface area contributed by atoms with Gasteiger partial charge in [-0.2, -0.15) is 0 Å². The first-order chi connectivity index (χ1) is 6.65. The predicted octanol–water partition coefficient (Wildman–Crippen LogP) is 0.707. The summed E-state index contributed by atoms with van der Waals surface area (Å²) in [7, 11) is 0. The molecular formula is C10H17FN2O2. The molecule has 0 saturated heterocycles. The van der Waals surface area contributed by atoms with E-state index in [1.165, 1.54) is 0 Å². The molecule has 0 atom stereocenters. The fourth-order valence-electron chi connectivity index (χ4n) is 1.49. The normalized spacial score (nSPS) is 9.73. The molecular weight excluding hydrogens is 199 g/mol. The summed E-state index contributed by atoms with van der Waals surface area (Å²) in [4.78, 5) is 10.5. The van der Waals surface area contributed by atoms with Crippen LogP contribution in [-0.2, 0) is 17.9 Å². The van der Waals surface area contributed by atoms with Gasteiger partial charge in [-0.05, 0) is 25.5 Å². The van der Waals surface area contributed by atoms with Crippen molar-refractivity contribution in [3.63, 3.8) is 0 Å². The molecule has 1 amide bonds. The van der Waals surface area contributed by atoms with Crippen LogP contribution in [0.25, 0.3) is 0 Å². The molecule has 0 aliphatic rings. The van der Waals surface area contributed by atoms with Gasteiger partial charge in [0.05, 0.1) is 6.61 Å². The molecule has 0 aliphatic heterocycles. The van der Waals surface area contributed by atoms with E-state index in [1.54, 1.807) is 0 Å². The van der Waals surface area contributed by atoms with E-state index in [4.69, 9.17) is 10.8 Å². The quantitative estimate of drug-likeness (QED) is 0.761. The highest BCUT2D eigenvalue weighted by atomic mass is 19.0. The predicted molar refractivity (Wildman–Crippen MR) is 56.0 cm³/mol. The average Bonchev–Trinajstić information content (AvgIpc) is 2.47. The number of carbonyl (C=O) groups is 1. The first kappa shape index (κ1) is 13.6. The Bertz CT molecular complexity index is 323. The number of aryl methyl sites for hydroxylation is 1. The minimum Gasteiger partial charge on any atom is -0.390 e. The van der Waals surface area contributed by atoms with Crippen molar-refractivity contribution >= 4 is 5.91 Å². The first-order valence-electron chi connectivity index (χ1n) is 4.69.